The van der Waals surface area contributed by atoms with Crippen molar-refractivity contribution in [3.05, 3.63) is 111 Å². The second-order valence-electron chi connectivity index (χ2n) is 20.8. The molecule has 5 aliphatic rings. The molecule has 18 nitrogen and oxygen atoms in total. The van der Waals surface area contributed by atoms with Crippen LogP contribution in [0.25, 0.3) is 16.6 Å². The number of nitro benzene ring substituents is 1. The monoisotopic (exact) mass is 1060 g/mol. The molecule has 4 aliphatic heterocycles. The first-order valence-electron chi connectivity index (χ1n) is 25.2. The molecule has 3 aromatic carbocycles. The van der Waals surface area contributed by atoms with Crippen LogP contribution >= 0.6 is 11.6 Å². The smallest absolute Gasteiger partial charge is 0.293 e. The molecule has 0 bridgehead atoms. The summed E-state index contributed by atoms with van der Waals surface area (Å²) in [6, 6.07) is 20.6. The number of nitrogens with one attached hydrogen (secondary N) is 3. The van der Waals surface area contributed by atoms with E-state index in [2.05, 4.69) is 50.8 Å². The second-order valence-corrected chi connectivity index (χ2v) is 22.9. The van der Waals surface area contributed by atoms with E-state index in [4.69, 9.17) is 35.5 Å². The van der Waals surface area contributed by atoms with Gasteiger partial charge in [-0.15, -0.1) is 0 Å². The number of halogens is 2. The zero-order chi connectivity index (χ0) is 51.8. The Balaban J connectivity index is 0.950. The molecule has 0 radical (unpaired) electrons. The van der Waals surface area contributed by atoms with Gasteiger partial charge in [0.05, 0.1) is 59.1 Å². The summed E-state index contributed by atoms with van der Waals surface area (Å²) in [5.74, 6) is -0.594. The molecule has 6 heterocycles. The van der Waals surface area contributed by atoms with Crippen LogP contribution in [0.4, 0.5) is 32.8 Å². The summed E-state index contributed by atoms with van der Waals surface area (Å²) in [6.07, 6.45) is 4.84. The van der Waals surface area contributed by atoms with Gasteiger partial charge in [0, 0.05) is 80.8 Å². The first-order chi connectivity index (χ1) is 35.5. The maximum absolute atomic E-state index is 14.6. The van der Waals surface area contributed by atoms with Crippen molar-refractivity contribution < 1.29 is 46.6 Å². The fourth-order valence-corrected chi connectivity index (χ4v) is 11.9. The van der Waals surface area contributed by atoms with Crippen molar-refractivity contribution in [2.75, 3.05) is 94.1 Å². The van der Waals surface area contributed by atoms with E-state index in [-0.39, 0.29) is 48.4 Å². The van der Waals surface area contributed by atoms with Gasteiger partial charge in [-0.2, -0.15) is 4.98 Å². The lowest BCUT2D eigenvalue weighted by atomic mass is 9.71. The lowest BCUT2D eigenvalue weighted by molar-refractivity contribution is -0.384. The van der Waals surface area contributed by atoms with Crippen LogP contribution in [0.1, 0.15) is 68.3 Å². The number of nitrogens with zero attached hydrogens (tertiary/aromatic N) is 5. The van der Waals surface area contributed by atoms with Crippen molar-refractivity contribution in [1.82, 2.24) is 19.6 Å². The molecule has 4 atom stereocenters. The van der Waals surface area contributed by atoms with E-state index >= 15 is 0 Å². The van der Waals surface area contributed by atoms with E-state index in [0.29, 0.717) is 99.9 Å². The SMILES string of the molecule is CC1(C)CC(c2ccc(Cl)cc2)=C2CN3CCN(c4ccc(C(=O)NS(=O)(=O)c5ccc(NC[C@H]6CC[C@](O)(CF)CO6)c([N+](=O)[O-])c5)c(N5CCCOc6nc7[nH]ccc7cc65)c4)C[C@H]3COCCCO[C@@H]2C1. The number of H-pyrrole nitrogens is 1. The highest BCUT2D eigenvalue weighted by Gasteiger charge is 2.39. The van der Waals surface area contributed by atoms with E-state index in [1.807, 2.05) is 41.3 Å². The number of aromatic amines is 1. The number of ether oxygens (including phenoxy) is 4. The molecular weight excluding hydrogens is 995 g/mol. The number of carbonyl (C=O) groups is 1. The van der Waals surface area contributed by atoms with Crippen molar-refractivity contribution in [3.8, 4) is 5.88 Å². The van der Waals surface area contributed by atoms with Gasteiger partial charge in [-0.05, 0) is 115 Å². The van der Waals surface area contributed by atoms with E-state index in [0.717, 1.165) is 42.0 Å². The van der Waals surface area contributed by atoms with Gasteiger partial charge in [-0.3, -0.25) is 19.8 Å². The number of aromatic nitrogens is 2. The van der Waals surface area contributed by atoms with Gasteiger partial charge >= 0.3 is 0 Å². The van der Waals surface area contributed by atoms with Crippen LogP contribution in [0.2, 0.25) is 5.02 Å². The number of aliphatic hydroxyl groups is 1. The van der Waals surface area contributed by atoms with Crippen LogP contribution in [-0.4, -0.2) is 142 Å². The van der Waals surface area contributed by atoms with Crippen LogP contribution < -0.4 is 24.6 Å². The van der Waals surface area contributed by atoms with Crippen LogP contribution in [-0.2, 0) is 24.2 Å². The van der Waals surface area contributed by atoms with Crippen molar-refractivity contribution in [2.45, 2.75) is 81.1 Å². The van der Waals surface area contributed by atoms with Gasteiger partial charge < -0.3 is 44.2 Å². The predicted molar refractivity (Wildman–Crippen MR) is 280 cm³/mol. The number of alkyl halides is 1. The minimum atomic E-state index is -4.69. The predicted octanol–water partition coefficient (Wildman–Crippen LogP) is 8.03. The average Bonchev–Trinajstić information content (AvgIpc) is 3.73. The Labute approximate surface area is 434 Å². The normalized spacial score (nSPS) is 23.9. The Morgan fingerprint density at radius 1 is 1.01 bits per heavy atom. The Morgan fingerprint density at radius 3 is 2.64 bits per heavy atom. The number of benzene rings is 3. The third-order valence-electron chi connectivity index (χ3n) is 14.8. The van der Waals surface area contributed by atoms with Crippen LogP contribution in [0, 0.1) is 15.5 Å². The van der Waals surface area contributed by atoms with Crippen molar-refractivity contribution in [1.29, 1.82) is 0 Å². The number of sulfonamides is 1. The number of hydrogen-bond donors (Lipinski definition) is 4. The summed E-state index contributed by atoms with van der Waals surface area (Å²) in [6.45, 7) is 8.56. The lowest BCUT2D eigenvalue weighted by Gasteiger charge is -2.45. The molecule has 4 N–H and O–H groups in total. The zero-order valence-electron chi connectivity index (χ0n) is 41.5. The van der Waals surface area contributed by atoms with Crippen LogP contribution in [0.15, 0.2) is 89.5 Å². The highest BCUT2D eigenvalue weighted by atomic mass is 35.5. The fraction of sp³-hybridized carbons (Fsp3) is 0.472. The summed E-state index contributed by atoms with van der Waals surface area (Å²) in [4.78, 5) is 40.3. The summed E-state index contributed by atoms with van der Waals surface area (Å²) in [7, 11) is -4.69. The van der Waals surface area contributed by atoms with E-state index in [1.165, 1.54) is 23.3 Å². The van der Waals surface area contributed by atoms with E-state index in [1.54, 1.807) is 12.3 Å². The van der Waals surface area contributed by atoms with Crippen LogP contribution in [0.5, 0.6) is 5.88 Å². The molecule has 0 saturated carbocycles. The Morgan fingerprint density at radius 2 is 1.85 bits per heavy atom. The molecule has 3 saturated heterocycles. The molecule has 1 aliphatic carbocycles. The highest BCUT2D eigenvalue weighted by molar-refractivity contribution is 7.90. The summed E-state index contributed by atoms with van der Waals surface area (Å²) in [5.41, 5.74) is 4.16. The number of amides is 1. The molecule has 21 heteroatoms. The quantitative estimate of drug-likeness (QED) is 0.0728. The van der Waals surface area contributed by atoms with Gasteiger partial charge in [0.2, 0.25) is 5.88 Å². The molecule has 1 amide bonds. The molecular formula is C53H62ClFN8O10S. The average molecular weight is 1060 g/mol. The largest absolute Gasteiger partial charge is 0.476 e. The molecule has 0 spiro atoms. The number of allylic oxidation sites excluding steroid dienone is 1. The van der Waals surface area contributed by atoms with E-state index in [9.17, 15) is 32.8 Å². The fourth-order valence-electron chi connectivity index (χ4n) is 10.8. The number of pyridine rings is 1. The van der Waals surface area contributed by atoms with Gasteiger partial charge in [-0.25, -0.2) is 17.5 Å². The second kappa shape index (κ2) is 21.4. The summed E-state index contributed by atoms with van der Waals surface area (Å²) in [5, 5.41) is 27.0. The van der Waals surface area contributed by atoms with Gasteiger partial charge in [-0.1, -0.05) is 37.6 Å². The van der Waals surface area contributed by atoms with Gasteiger partial charge in [0.25, 0.3) is 21.6 Å². The molecule has 3 fully saturated rings. The van der Waals surface area contributed by atoms with Gasteiger partial charge in [0.15, 0.2) is 0 Å². The number of anilines is 4. The zero-order valence-corrected chi connectivity index (χ0v) is 43.1. The Hall–Kier alpha value is -5.87. The van der Waals surface area contributed by atoms with Crippen LogP contribution in [0.3, 0.4) is 0 Å². The number of rotatable bonds is 11. The molecule has 74 heavy (non-hydrogen) atoms. The summed E-state index contributed by atoms with van der Waals surface area (Å²) >= 11 is 6.37. The maximum Gasteiger partial charge on any atom is 0.293 e. The standard InChI is InChI=1S/C53H62ClFN8O10S/c1-52(2)26-42(34-5-7-36(54)8-6-34)43-30-61-19-18-60(29-38(61)31-70-20-4-22-71-48(43)27-52)37-9-11-41(45(24-37)62-17-3-21-72-51-47(62)23-35-14-16-56-49(35)58-51)50(64)59-74(68,69)40-10-12-44(46(25-40)63(66)67)57-28-39-13-15-53(65,32-55)33-73-39/h5-12,14,16,23-25,38-39,48,57,65H,3-4,13,15,17-22,26-33H2,1-2H3,(H,56,58)(H,59,64)/t38-,39+,48+,53-/m0/s1. The van der Waals surface area contributed by atoms with Gasteiger partial charge in [0.1, 0.15) is 29.3 Å². The third-order valence-corrected chi connectivity index (χ3v) is 16.4. The number of hydrogen-bond acceptors (Lipinski definition) is 15. The minimum Gasteiger partial charge on any atom is -0.476 e. The lowest BCUT2D eigenvalue weighted by Crippen LogP contribution is -2.56. The first kappa shape index (κ1) is 51.6. The first-order valence-corrected chi connectivity index (χ1v) is 27.1. The molecule has 10 rings (SSSR count). The number of fused-ring (bicyclic) bond motifs is 4. The van der Waals surface area contributed by atoms with Crippen molar-refractivity contribution >= 4 is 72.6 Å². The molecule has 2 aromatic heterocycles. The number of piperazine rings is 1. The van der Waals surface area contributed by atoms with E-state index < -0.39 is 49.8 Å². The summed E-state index contributed by atoms with van der Waals surface area (Å²) < 4.78 is 68.5. The van der Waals surface area contributed by atoms with Crippen molar-refractivity contribution in [2.24, 2.45) is 5.41 Å². The maximum atomic E-state index is 14.6. The minimum absolute atomic E-state index is 0.0124. The molecule has 394 valence electrons. The molecule has 0 unspecified atom stereocenters. The highest BCUT2D eigenvalue weighted by Crippen LogP contribution is 2.46. The molecule has 5 aromatic rings. The number of nitro groups is 1. The third kappa shape index (κ3) is 11.2. The Kier molecular flexibility index (Phi) is 14.9. The number of carbonyl (C=O) groups excluding carboxylic acids is 1. The topological polar surface area (TPSA) is 214 Å². The van der Waals surface area contributed by atoms with Crippen molar-refractivity contribution in [3.63, 3.8) is 0 Å². The Bertz CT molecular complexity index is 3040.